The van der Waals surface area contributed by atoms with E-state index in [0.717, 1.165) is 16.3 Å². The second-order valence-corrected chi connectivity index (χ2v) is 7.02. The fourth-order valence-corrected chi connectivity index (χ4v) is 3.04. The smallest absolute Gasteiger partial charge is 0.248 e. The lowest BCUT2D eigenvalue weighted by Crippen LogP contribution is -2.09. The van der Waals surface area contributed by atoms with Crippen LogP contribution in [0.4, 0.5) is 16.5 Å². The molecule has 0 saturated heterocycles. The first-order valence-electron chi connectivity index (χ1n) is 8.19. The van der Waals surface area contributed by atoms with Crippen LogP contribution in [0, 0.1) is 6.92 Å². The molecule has 1 heterocycles. The topological polar surface area (TPSA) is 80.0 Å². The quantitative estimate of drug-likeness (QED) is 0.450. The minimum Gasteiger partial charge on any atom is -0.397 e. The average Bonchev–Trinajstić information content (AvgIpc) is 3.06. The summed E-state index contributed by atoms with van der Waals surface area (Å²) >= 11 is 1.63. The molecule has 2 aromatic carbocycles. The van der Waals surface area contributed by atoms with E-state index in [1.54, 1.807) is 29.5 Å². The lowest BCUT2D eigenvalue weighted by atomic mass is 10.1. The van der Waals surface area contributed by atoms with Crippen LogP contribution in [0.15, 0.2) is 60.8 Å². The van der Waals surface area contributed by atoms with Crippen molar-refractivity contribution >= 4 is 39.8 Å². The number of amides is 1. The Hall–Kier alpha value is -3.12. The van der Waals surface area contributed by atoms with Crippen LogP contribution in [0.25, 0.3) is 6.08 Å². The normalized spacial score (nSPS) is 10.8. The minimum absolute atomic E-state index is 0.218. The maximum Gasteiger partial charge on any atom is 0.248 e. The van der Waals surface area contributed by atoms with E-state index in [0.29, 0.717) is 17.9 Å². The summed E-state index contributed by atoms with van der Waals surface area (Å²) in [6, 6.07) is 15.2. The Morgan fingerprint density at radius 2 is 2.08 bits per heavy atom. The van der Waals surface area contributed by atoms with Gasteiger partial charge < -0.3 is 16.4 Å². The van der Waals surface area contributed by atoms with Gasteiger partial charge in [-0.05, 0) is 42.3 Å². The molecule has 0 aliphatic carbocycles. The first-order chi connectivity index (χ1) is 12.6. The number of nitrogens with one attached hydrogen (secondary N) is 2. The average molecular weight is 364 g/mol. The van der Waals surface area contributed by atoms with Gasteiger partial charge in [0.1, 0.15) is 0 Å². The highest BCUT2D eigenvalue weighted by atomic mass is 32.1. The molecule has 26 heavy (non-hydrogen) atoms. The van der Waals surface area contributed by atoms with Gasteiger partial charge in [-0.2, -0.15) is 0 Å². The molecule has 0 spiro atoms. The highest BCUT2D eigenvalue weighted by molar-refractivity contribution is 7.15. The van der Waals surface area contributed by atoms with Gasteiger partial charge in [-0.25, -0.2) is 4.98 Å². The Morgan fingerprint density at radius 3 is 2.85 bits per heavy atom. The number of hydrogen-bond donors (Lipinski definition) is 3. The zero-order valence-corrected chi connectivity index (χ0v) is 15.2. The molecule has 0 atom stereocenters. The first-order valence-corrected chi connectivity index (χ1v) is 9.00. The zero-order valence-electron chi connectivity index (χ0n) is 14.4. The number of para-hydroxylation sites is 2. The number of hydrogen-bond acceptors (Lipinski definition) is 5. The molecule has 1 amide bonds. The van der Waals surface area contributed by atoms with Crippen molar-refractivity contribution in [2.24, 2.45) is 0 Å². The molecule has 4 N–H and O–H groups in total. The van der Waals surface area contributed by atoms with Gasteiger partial charge in [0.2, 0.25) is 5.91 Å². The lowest BCUT2D eigenvalue weighted by Gasteiger charge is -2.05. The molecule has 0 aliphatic heterocycles. The van der Waals surface area contributed by atoms with Crippen molar-refractivity contribution < 1.29 is 4.79 Å². The Morgan fingerprint density at radius 1 is 1.23 bits per heavy atom. The zero-order chi connectivity index (χ0) is 18.4. The molecular weight excluding hydrogens is 344 g/mol. The number of carbonyl (C=O) groups is 1. The summed E-state index contributed by atoms with van der Waals surface area (Å²) in [5.74, 6) is -0.218. The Bertz CT molecular complexity index is 933. The van der Waals surface area contributed by atoms with Gasteiger partial charge in [-0.3, -0.25) is 4.79 Å². The van der Waals surface area contributed by atoms with E-state index >= 15 is 0 Å². The highest BCUT2D eigenvalue weighted by Gasteiger charge is 2.02. The summed E-state index contributed by atoms with van der Waals surface area (Å²) < 4.78 is 0. The standard InChI is InChI=1S/C20H20N4OS/c1-14-12-22-20(26-14)23-13-16-6-4-5-15(11-16)9-10-19(25)24-18-8-3-2-7-17(18)21/h2-12H,13,21H2,1H3,(H,22,23)(H,24,25)/b10-9+. The Balaban J connectivity index is 1.59. The van der Waals surface area contributed by atoms with Crippen molar-refractivity contribution in [3.63, 3.8) is 0 Å². The predicted molar refractivity (Wildman–Crippen MR) is 109 cm³/mol. The van der Waals surface area contributed by atoms with E-state index in [2.05, 4.69) is 15.6 Å². The van der Waals surface area contributed by atoms with E-state index in [-0.39, 0.29) is 5.91 Å². The molecule has 0 aliphatic rings. The number of carbonyl (C=O) groups excluding carboxylic acids is 1. The molecular formula is C20H20N4OS. The summed E-state index contributed by atoms with van der Waals surface area (Å²) in [5.41, 5.74) is 9.05. The van der Waals surface area contributed by atoms with Crippen LogP contribution in [-0.2, 0) is 11.3 Å². The number of rotatable bonds is 6. The SMILES string of the molecule is Cc1cnc(NCc2cccc(/C=C/C(=O)Nc3ccccc3N)c2)s1. The largest absolute Gasteiger partial charge is 0.397 e. The van der Waals surface area contributed by atoms with Crippen molar-refractivity contribution in [1.82, 2.24) is 4.98 Å². The maximum atomic E-state index is 12.1. The molecule has 0 bridgehead atoms. The van der Waals surface area contributed by atoms with Crippen LogP contribution >= 0.6 is 11.3 Å². The number of nitrogens with two attached hydrogens (primary N) is 1. The van der Waals surface area contributed by atoms with E-state index in [1.807, 2.05) is 49.5 Å². The molecule has 0 radical (unpaired) electrons. The van der Waals surface area contributed by atoms with Crippen molar-refractivity contribution in [2.75, 3.05) is 16.4 Å². The molecule has 0 unspecified atom stereocenters. The van der Waals surface area contributed by atoms with Crippen molar-refractivity contribution in [1.29, 1.82) is 0 Å². The van der Waals surface area contributed by atoms with E-state index in [4.69, 9.17) is 5.73 Å². The molecule has 6 heteroatoms. The molecule has 0 fully saturated rings. The molecule has 3 rings (SSSR count). The second-order valence-electron chi connectivity index (χ2n) is 5.78. The lowest BCUT2D eigenvalue weighted by molar-refractivity contribution is -0.111. The van der Waals surface area contributed by atoms with Crippen LogP contribution < -0.4 is 16.4 Å². The number of nitrogen functional groups attached to an aromatic ring is 1. The summed E-state index contributed by atoms with van der Waals surface area (Å²) in [5, 5.41) is 6.98. The van der Waals surface area contributed by atoms with Crippen LogP contribution in [0.1, 0.15) is 16.0 Å². The third kappa shape index (κ3) is 4.94. The van der Waals surface area contributed by atoms with Gasteiger partial charge in [0.25, 0.3) is 0 Å². The molecule has 0 saturated carbocycles. The van der Waals surface area contributed by atoms with Crippen molar-refractivity contribution in [2.45, 2.75) is 13.5 Å². The number of anilines is 3. The maximum absolute atomic E-state index is 12.1. The minimum atomic E-state index is -0.218. The van der Waals surface area contributed by atoms with Crippen LogP contribution in [0.2, 0.25) is 0 Å². The fourth-order valence-electron chi connectivity index (χ4n) is 2.38. The summed E-state index contributed by atoms with van der Waals surface area (Å²) in [7, 11) is 0. The molecule has 1 aromatic heterocycles. The van der Waals surface area contributed by atoms with Crippen molar-refractivity contribution in [3.8, 4) is 0 Å². The number of aryl methyl sites for hydroxylation is 1. The highest BCUT2D eigenvalue weighted by Crippen LogP contribution is 2.18. The van der Waals surface area contributed by atoms with E-state index in [9.17, 15) is 4.79 Å². The third-order valence-electron chi connectivity index (χ3n) is 3.66. The summed E-state index contributed by atoms with van der Waals surface area (Å²) in [4.78, 5) is 17.5. The van der Waals surface area contributed by atoms with Crippen LogP contribution in [-0.4, -0.2) is 10.9 Å². The number of nitrogens with zero attached hydrogens (tertiary/aromatic N) is 1. The van der Waals surface area contributed by atoms with Crippen LogP contribution in [0.3, 0.4) is 0 Å². The molecule has 5 nitrogen and oxygen atoms in total. The van der Waals surface area contributed by atoms with Gasteiger partial charge in [0.15, 0.2) is 5.13 Å². The second kappa shape index (κ2) is 8.31. The van der Waals surface area contributed by atoms with Gasteiger partial charge in [0, 0.05) is 23.7 Å². The van der Waals surface area contributed by atoms with Crippen LogP contribution in [0.5, 0.6) is 0 Å². The predicted octanol–water partition coefficient (Wildman–Crippen LogP) is 4.30. The fraction of sp³-hybridized carbons (Fsp3) is 0.100. The summed E-state index contributed by atoms with van der Waals surface area (Å²) in [6.07, 6.45) is 5.14. The number of benzene rings is 2. The number of aromatic nitrogens is 1. The van der Waals surface area contributed by atoms with Gasteiger partial charge >= 0.3 is 0 Å². The summed E-state index contributed by atoms with van der Waals surface area (Å²) in [6.45, 7) is 2.71. The monoisotopic (exact) mass is 364 g/mol. The van der Waals surface area contributed by atoms with E-state index in [1.165, 1.54) is 11.0 Å². The van der Waals surface area contributed by atoms with Crippen molar-refractivity contribution in [3.05, 3.63) is 76.8 Å². The third-order valence-corrected chi connectivity index (χ3v) is 4.53. The first kappa shape index (κ1) is 17.7. The van der Waals surface area contributed by atoms with Gasteiger partial charge in [0.05, 0.1) is 11.4 Å². The Kier molecular flexibility index (Phi) is 5.66. The Labute approximate surface area is 156 Å². The van der Waals surface area contributed by atoms with Gasteiger partial charge in [-0.1, -0.05) is 30.3 Å². The molecule has 132 valence electrons. The number of thiazole rings is 1. The van der Waals surface area contributed by atoms with E-state index < -0.39 is 0 Å². The van der Waals surface area contributed by atoms with Gasteiger partial charge in [-0.15, -0.1) is 11.3 Å². The molecule has 3 aromatic rings.